The van der Waals surface area contributed by atoms with Gasteiger partial charge in [0.2, 0.25) is 0 Å². The van der Waals surface area contributed by atoms with Crippen LogP contribution in [0.4, 0.5) is 5.82 Å². The van der Waals surface area contributed by atoms with Crippen molar-refractivity contribution in [3.8, 4) is 0 Å². The molecule has 24 heavy (non-hydrogen) atoms. The summed E-state index contributed by atoms with van der Waals surface area (Å²) >= 11 is 0. The van der Waals surface area contributed by atoms with E-state index in [1.165, 1.54) is 58.2 Å². The van der Waals surface area contributed by atoms with E-state index in [-0.39, 0.29) is 0 Å². The Labute approximate surface area is 143 Å². The number of fused-ring (bicyclic) bond motifs is 1. The summed E-state index contributed by atoms with van der Waals surface area (Å²) in [5.41, 5.74) is 0.851. The highest BCUT2D eigenvalue weighted by molar-refractivity contribution is 5.45. The zero-order chi connectivity index (χ0) is 16.5. The van der Waals surface area contributed by atoms with E-state index in [1.807, 2.05) is 35.6 Å². The Bertz CT molecular complexity index is 680. The third-order valence-electron chi connectivity index (χ3n) is 5.67. The first-order chi connectivity index (χ1) is 11.7. The minimum absolute atomic E-state index is 0.477. The zero-order valence-corrected chi connectivity index (χ0v) is 14.9. The van der Waals surface area contributed by atoms with E-state index in [0.717, 1.165) is 23.2 Å². The molecule has 6 nitrogen and oxygen atoms in total. The van der Waals surface area contributed by atoms with Crippen molar-refractivity contribution in [3.63, 3.8) is 0 Å². The molecule has 130 valence electrons. The fourth-order valence-corrected chi connectivity index (χ4v) is 4.22. The van der Waals surface area contributed by atoms with E-state index in [2.05, 4.69) is 15.1 Å². The van der Waals surface area contributed by atoms with Crippen molar-refractivity contribution >= 4 is 11.5 Å². The highest BCUT2D eigenvalue weighted by Crippen LogP contribution is 2.30. The average Bonchev–Trinajstić information content (AvgIpc) is 3.24. The molecule has 0 amide bonds. The van der Waals surface area contributed by atoms with Gasteiger partial charge in [-0.2, -0.15) is 4.52 Å². The molecule has 1 saturated carbocycles. The van der Waals surface area contributed by atoms with Gasteiger partial charge in [-0.05, 0) is 56.8 Å². The standard InChI is InChI=1S/C18H28N6/c1-22(2)17-8-7-16-19-20-18(24(16)21-17)15-9-11-23(12-10-15)13-14-5-3-4-6-14/h7-8,14-15H,3-6,9-13H2,1-2H3. The monoisotopic (exact) mass is 328 g/mol. The molecule has 2 aromatic heterocycles. The lowest BCUT2D eigenvalue weighted by Gasteiger charge is -2.32. The van der Waals surface area contributed by atoms with Crippen molar-refractivity contribution in [1.29, 1.82) is 0 Å². The van der Waals surface area contributed by atoms with Crippen molar-refractivity contribution in [2.24, 2.45) is 5.92 Å². The second-order valence-corrected chi connectivity index (χ2v) is 7.64. The summed E-state index contributed by atoms with van der Waals surface area (Å²) in [5.74, 6) is 3.40. The molecule has 0 N–H and O–H groups in total. The predicted octanol–water partition coefficient (Wildman–Crippen LogP) is 2.56. The molecule has 0 aromatic carbocycles. The molecule has 0 atom stereocenters. The maximum atomic E-state index is 4.72. The Morgan fingerprint density at radius 3 is 2.50 bits per heavy atom. The first kappa shape index (κ1) is 15.8. The maximum absolute atomic E-state index is 4.72. The highest BCUT2D eigenvalue weighted by atomic mass is 15.4. The van der Waals surface area contributed by atoms with Crippen LogP contribution < -0.4 is 4.90 Å². The minimum Gasteiger partial charge on any atom is -0.361 e. The lowest BCUT2D eigenvalue weighted by molar-refractivity contribution is 0.180. The molecule has 0 radical (unpaired) electrons. The van der Waals surface area contributed by atoms with E-state index in [0.29, 0.717) is 5.92 Å². The van der Waals surface area contributed by atoms with Gasteiger partial charge in [-0.1, -0.05) is 12.8 Å². The molecule has 3 heterocycles. The van der Waals surface area contributed by atoms with Gasteiger partial charge in [0, 0.05) is 26.6 Å². The second-order valence-electron chi connectivity index (χ2n) is 7.64. The summed E-state index contributed by atoms with van der Waals surface area (Å²) in [7, 11) is 4.03. The summed E-state index contributed by atoms with van der Waals surface area (Å²) in [6.07, 6.45) is 8.08. The van der Waals surface area contributed by atoms with Crippen molar-refractivity contribution in [3.05, 3.63) is 18.0 Å². The van der Waals surface area contributed by atoms with Crippen molar-refractivity contribution in [2.75, 3.05) is 38.6 Å². The molecule has 0 unspecified atom stereocenters. The van der Waals surface area contributed by atoms with E-state index < -0.39 is 0 Å². The van der Waals surface area contributed by atoms with Crippen LogP contribution in [0.2, 0.25) is 0 Å². The first-order valence-electron chi connectivity index (χ1n) is 9.33. The lowest BCUT2D eigenvalue weighted by Crippen LogP contribution is -2.36. The summed E-state index contributed by atoms with van der Waals surface area (Å²) < 4.78 is 1.95. The molecule has 0 spiro atoms. The van der Waals surface area contributed by atoms with Crippen molar-refractivity contribution in [2.45, 2.75) is 44.4 Å². The maximum Gasteiger partial charge on any atom is 0.178 e. The number of nitrogens with zero attached hydrogens (tertiary/aromatic N) is 6. The van der Waals surface area contributed by atoms with Gasteiger partial charge in [-0.25, -0.2) is 0 Å². The summed E-state index contributed by atoms with van der Waals surface area (Å²) in [6, 6.07) is 4.01. The van der Waals surface area contributed by atoms with Gasteiger partial charge in [0.25, 0.3) is 0 Å². The van der Waals surface area contributed by atoms with E-state index in [1.54, 1.807) is 0 Å². The van der Waals surface area contributed by atoms with Gasteiger partial charge < -0.3 is 9.80 Å². The molecule has 1 aliphatic carbocycles. The van der Waals surface area contributed by atoms with Gasteiger partial charge in [-0.3, -0.25) is 0 Å². The average molecular weight is 328 g/mol. The molecule has 6 heteroatoms. The molecule has 0 bridgehead atoms. The minimum atomic E-state index is 0.477. The molecule has 4 rings (SSSR count). The molecule has 2 aliphatic rings. The number of anilines is 1. The van der Waals surface area contributed by atoms with Crippen LogP contribution in [0.15, 0.2) is 12.1 Å². The smallest absolute Gasteiger partial charge is 0.178 e. The van der Waals surface area contributed by atoms with Crippen LogP contribution in [0.3, 0.4) is 0 Å². The van der Waals surface area contributed by atoms with Crippen LogP contribution in [0.5, 0.6) is 0 Å². The van der Waals surface area contributed by atoms with Crippen LogP contribution in [-0.4, -0.2) is 58.4 Å². The van der Waals surface area contributed by atoms with Crippen LogP contribution >= 0.6 is 0 Å². The Kier molecular flexibility index (Phi) is 4.39. The molecular formula is C18H28N6. The Morgan fingerprint density at radius 2 is 1.79 bits per heavy atom. The fraction of sp³-hybridized carbons (Fsp3) is 0.722. The predicted molar refractivity (Wildman–Crippen MR) is 95.5 cm³/mol. The quantitative estimate of drug-likeness (QED) is 0.863. The van der Waals surface area contributed by atoms with Gasteiger partial charge in [-0.15, -0.1) is 15.3 Å². The molecule has 2 fully saturated rings. The fourth-order valence-electron chi connectivity index (χ4n) is 4.22. The number of piperidine rings is 1. The Hall–Kier alpha value is -1.69. The normalized spacial score (nSPS) is 20.9. The Balaban J connectivity index is 1.45. The summed E-state index contributed by atoms with van der Waals surface area (Å²) in [4.78, 5) is 4.68. The third-order valence-corrected chi connectivity index (χ3v) is 5.67. The van der Waals surface area contributed by atoms with Crippen molar-refractivity contribution < 1.29 is 0 Å². The highest BCUT2D eigenvalue weighted by Gasteiger charge is 2.27. The van der Waals surface area contributed by atoms with E-state index in [4.69, 9.17) is 5.10 Å². The number of hydrogen-bond acceptors (Lipinski definition) is 5. The van der Waals surface area contributed by atoms with Crippen LogP contribution in [-0.2, 0) is 0 Å². The summed E-state index contributed by atoms with van der Waals surface area (Å²) in [6.45, 7) is 3.67. The van der Waals surface area contributed by atoms with Gasteiger partial charge in [0.1, 0.15) is 5.82 Å². The molecular weight excluding hydrogens is 300 g/mol. The van der Waals surface area contributed by atoms with Crippen LogP contribution in [0, 0.1) is 5.92 Å². The number of rotatable bonds is 4. The zero-order valence-electron chi connectivity index (χ0n) is 14.9. The Morgan fingerprint density at radius 1 is 1.04 bits per heavy atom. The van der Waals surface area contributed by atoms with Crippen LogP contribution in [0.25, 0.3) is 5.65 Å². The summed E-state index contributed by atoms with van der Waals surface area (Å²) in [5, 5.41) is 13.5. The molecule has 1 saturated heterocycles. The first-order valence-corrected chi connectivity index (χ1v) is 9.33. The topological polar surface area (TPSA) is 49.6 Å². The molecule has 2 aromatic rings. The van der Waals surface area contributed by atoms with Crippen LogP contribution in [0.1, 0.15) is 50.3 Å². The second kappa shape index (κ2) is 6.67. The molecule has 1 aliphatic heterocycles. The third kappa shape index (κ3) is 3.11. The van der Waals surface area contributed by atoms with Gasteiger partial charge >= 0.3 is 0 Å². The largest absolute Gasteiger partial charge is 0.361 e. The number of likely N-dealkylation sites (tertiary alicyclic amines) is 1. The van der Waals surface area contributed by atoms with E-state index >= 15 is 0 Å². The number of hydrogen-bond donors (Lipinski definition) is 0. The van der Waals surface area contributed by atoms with Crippen molar-refractivity contribution in [1.82, 2.24) is 24.7 Å². The van der Waals surface area contributed by atoms with Gasteiger partial charge in [0.05, 0.1) is 0 Å². The number of aromatic nitrogens is 4. The SMILES string of the molecule is CN(C)c1ccc2nnc(C3CCN(CC4CCCC4)CC3)n2n1. The van der Waals surface area contributed by atoms with E-state index in [9.17, 15) is 0 Å². The lowest BCUT2D eigenvalue weighted by atomic mass is 9.95. The van der Waals surface area contributed by atoms with Gasteiger partial charge in [0.15, 0.2) is 11.5 Å².